The number of rotatable bonds is 3. The molecule has 1 aliphatic heterocycles. The molecule has 21 heavy (non-hydrogen) atoms. The lowest BCUT2D eigenvalue weighted by atomic mass is 10.2. The number of nitrogens with zero attached hydrogens (tertiary/aromatic N) is 4. The number of carbonyl (C=O) groups is 1. The van der Waals surface area contributed by atoms with E-state index in [4.69, 9.17) is 9.84 Å². The number of aromatic nitrogens is 3. The summed E-state index contributed by atoms with van der Waals surface area (Å²) in [4.78, 5) is 13.6. The van der Waals surface area contributed by atoms with Crippen LogP contribution in [0.4, 0.5) is 4.79 Å². The highest BCUT2D eigenvalue weighted by atomic mass is 16.6. The minimum Gasteiger partial charge on any atom is -0.445 e. The highest BCUT2D eigenvalue weighted by Crippen LogP contribution is 2.14. The molecule has 2 heterocycles. The van der Waals surface area contributed by atoms with Gasteiger partial charge in [0.1, 0.15) is 13.2 Å². The molecule has 0 unspecified atom stereocenters. The van der Waals surface area contributed by atoms with E-state index >= 15 is 0 Å². The molecule has 3 rings (SSSR count). The maximum Gasteiger partial charge on any atom is 0.410 e. The fraction of sp³-hybridized carbons (Fsp3) is 0.357. The van der Waals surface area contributed by atoms with Crippen LogP contribution in [0, 0.1) is 0 Å². The molecule has 1 aromatic heterocycles. The SMILES string of the molecule is O=C(OCc1ccccc1)N1CCn2c(CO)nnc2C1. The summed E-state index contributed by atoms with van der Waals surface area (Å²) >= 11 is 0. The molecule has 0 fully saturated rings. The molecule has 1 amide bonds. The molecule has 1 aromatic carbocycles. The molecule has 110 valence electrons. The van der Waals surface area contributed by atoms with Crippen molar-refractivity contribution in [3.05, 3.63) is 47.5 Å². The zero-order valence-corrected chi connectivity index (χ0v) is 11.5. The number of carbonyl (C=O) groups excluding carboxylic acids is 1. The average molecular weight is 288 g/mol. The fourth-order valence-electron chi connectivity index (χ4n) is 2.30. The zero-order valence-electron chi connectivity index (χ0n) is 11.5. The number of aliphatic hydroxyl groups excluding tert-OH is 1. The van der Waals surface area contributed by atoms with Crippen LogP contribution >= 0.6 is 0 Å². The van der Waals surface area contributed by atoms with Crippen LogP contribution in [-0.4, -0.2) is 37.4 Å². The molecule has 2 aromatic rings. The van der Waals surface area contributed by atoms with E-state index in [2.05, 4.69) is 10.2 Å². The number of ether oxygens (including phenoxy) is 1. The van der Waals surface area contributed by atoms with Crippen LogP contribution in [0.1, 0.15) is 17.2 Å². The maximum absolute atomic E-state index is 12.1. The number of hydrogen-bond acceptors (Lipinski definition) is 5. The quantitative estimate of drug-likeness (QED) is 0.908. The Morgan fingerprint density at radius 2 is 2.05 bits per heavy atom. The van der Waals surface area contributed by atoms with Gasteiger partial charge in [-0.3, -0.25) is 4.90 Å². The standard InChI is InChI=1S/C14H16N4O3/c19-9-13-16-15-12-8-17(6-7-18(12)13)14(20)21-10-11-4-2-1-3-5-11/h1-5,19H,6-10H2. The van der Waals surface area contributed by atoms with Gasteiger partial charge < -0.3 is 14.4 Å². The van der Waals surface area contributed by atoms with E-state index in [-0.39, 0.29) is 19.3 Å². The van der Waals surface area contributed by atoms with Crippen LogP contribution in [0.5, 0.6) is 0 Å². The van der Waals surface area contributed by atoms with Crippen molar-refractivity contribution in [1.82, 2.24) is 19.7 Å². The van der Waals surface area contributed by atoms with Crippen LogP contribution in [-0.2, 0) is 31.0 Å². The van der Waals surface area contributed by atoms with E-state index < -0.39 is 0 Å². The van der Waals surface area contributed by atoms with Crippen LogP contribution in [0.25, 0.3) is 0 Å². The third-order valence-electron chi connectivity index (χ3n) is 3.43. The highest BCUT2D eigenvalue weighted by molar-refractivity contribution is 5.67. The van der Waals surface area contributed by atoms with Crippen molar-refractivity contribution in [3.8, 4) is 0 Å². The summed E-state index contributed by atoms with van der Waals surface area (Å²) < 4.78 is 7.13. The van der Waals surface area contributed by atoms with E-state index in [0.29, 0.717) is 31.3 Å². The van der Waals surface area contributed by atoms with Gasteiger partial charge in [0.05, 0.1) is 6.54 Å². The molecule has 0 atom stereocenters. The first kappa shape index (κ1) is 13.6. The highest BCUT2D eigenvalue weighted by Gasteiger charge is 2.25. The molecule has 7 heteroatoms. The topological polar surface area (TPSA) is 80.5 Å². The summed E-state index contributed by atoms with van der Waals surface area (Å²) in [5, 5.41) is 17.0. The van der Waals surface area contributed by atoms with Gasteiger partial charge in [-0.15, -0.1) is 10.2 Å². The van der Waals surface area contributed by atoms with Crippen molar-refractivity contribution < 1.29 is 14.6 Å². The Bertz CT molecular complexity index is 626. The van der Waals surface area contributed by atoms with Gasteiger partial charge in [0.2, 0.25) is 0 Å². The van der Waals surface area contributed by atoms with Crippen molar-refractivity contribution >= 4 is 6.09 Å². The molecule has 7 nitrogen and oxygen atoms in total. The Morgan fingerprint density at radius 1 is 1.24 bits per heavy atom. The lowest BCUT2D eigenvalue weighted by molar-refractivity contribution is 0.0856. The van der Waals surface area contributed by atoms with Gasteiger partial charge in [-0.25, -0.2) is 4.79 Å². The van der Waals surface area contributed by atoms with Gasteiger partial charge in [0.15, 0.2) is 11.6 Å². The molecule has 0 radical (unpaired) electrons. The van der Waals surface area contributed by atoms with E-state index in [0.717, 1.165) is 5.56 Å². The number of hydrogen-bond donors (Lipinski definition) is 1. The summed E-state index contributed by atoms with van der Waals surface area (Å²) in [6.45, 7) is 1.54. The minimum absolute atomic E-state index is 0.147. The second kappa shape index (κ2) is 5.92. The lowest BCUT2D eigenvalue weighted by Gasteiger charge is -2.27. The summed E-state index contributed by atoms with van der Waals surface area (Å²) in [7, 11) is 0. The molecule has 0 aliphatic carbocycles. The average Bonchev–Trinajstić information content (AvgIpc) is 2.95. The number of fused-ring (bicyclic) bond motifs is 1. The van der Waals surface area contributed by atoms with E-state index in [1.54, 1.807) is 4.90 Å². The monoisotopic (exact) mass is 288 g/mol. The van der Waals surface area contributed by atoms with Gasteiger partial charge in [-0.05, 0) is 5.56 Å². The first-order valence-electron chi connectivity index (χ1n) is 6.75. The molecule has 0 bridgehead atoms. The Morgan fingerprint density at radius 3 is 2.81 bits per heavy atom. The van der Waals surface area contributed by atoms with Crippen LogP contribution < -0.4 is 0 Å². The Labute approximate surface area is 121 Å². The molecule has 0 saturated carbocycles. The second-order valence-corrected chi connectivity index (χ2v) is 4.80. The predicted molar refractivity (Wildman–Crippen MR) is 73.0 cm³/mol. The zero-order chi connectivity index (χ0) is 14.7. The van der Waals surface area contributed by atoms with E-state index in [1.165, 1.54) is 0 Å². The van der Waals surface area contributed by atoms with Gasteiger partial charge in [0.25, 0.3) is 0 Å². The van der Waals surface area contributed by atoms with E-state index in [1.807, 2.05) is 34.9 Å². The van der Waals surface area contributed by atoms with E-state index in [9.17, 15) is 4.79 Å². The fourth-order valence-corrected chi connectivity index (χ4v) is 2.30. The van der Waals surface area contributed by atoms with Crippen LogP contribution in [0.2, 0.25) is 0 Å². The van der Waals surface area contributed by atoms with Crippen LogP contribution in [0.15, 0.2) is 30.3 Å². The Hall–Kier alpha value is -2.41. The molecule has 1 aliphatic rings. The Kier molecular flexibility index (Phi) is 3.83. The smallest absolute Gasteiger partial charge is 0.410 e. The molecule has 0 spiro atoms. The van der Waals surface area contributed by atoms with Gasteiger partial charge in [0, 0.05) is 13.1 Å². The number of amides is 1. The predicted octanol–water partition coefficient (Wildman–Crippen LogP) is 0.923. The molecular formula is C14H16N4O3. The number of aliphatic hydroxyl groups is 1. The number of benzene rings is 1. The summed E-state index contributed by atoms with van der Waals surface area (Å²) in [5.41, 5.74) is 0.952. The van der Waals surface area contributed by atoms with Gasteiger partial charge >= 0.3 is 6.09 Å². The van der Waals surface area contributed by atoms with Crippen molar-refractivity contribution in [2.45, 2.75) is 26.3 Å². The Balaban J connectivity index is 1.59. The molecule has 1 N–H and O–H groups in total. The van der Waals surface area contributed by atoms with Crippen molar-refractivity contribution in [2.75, 3.05) is 6.54 Å². The maximum atomic E-state index is 12.1. The first-order valence-corrected chi connectivity index (χ1v) is 6.75. The van der Waals surface area contributed by atoms with Crippen molar-refractivity contribution in [2.24, 2.45) is 0 Å². The lowest BCUT2D eigenvalue weighted by Crippen LogP contribution is -2.39. The van der Waals surface area contributed by atoms with Crippen molar-refractivity contribution in [3.63, 3.8) is 0 Å². The van der Waals surface area contributed by atoms with Crippen LogP contribution in [0.3, 0.4) is 0 Å². The second-order valence-electron chi connectivity index (χ2n) is 4.80. The molecule has 0 saturated heterocycles. The third kappa shape index (κ3) is 2.87. The van der Waals surface area contributed by atoms with Gasteiger partial charge in [-0.1, -0.05) is 30.3 Å². The largest absolute Gasteiger partial charge is 0.445 e. The summed E-state index contributed by atoms with van der Waals surface area (Å²) in [6.07, 6.45) is -0.362. The third-order valence-corrected chi connectivity index (χ3v) is 3.43. The first-order chi connectivity index (χ1) is 10.3. The summed E-state index contributed by atoms with van der Waals surface area (Å²) in [5.74, 6) is 1.20. The van der Waals surface area contributed by atoms with Gasteiger partial charge in [-0.2, -0.15) is 0 Å². The molecular weight excluding hydrogens is 272 g/mol. The normalized spacial score (nSPS) is 13.9. The van der Waals surface area contributed by atoms with Crippen molar-refractivity contribution in [1.29, 1.82) is 0 Å². The summed E-state index contributed by atoms with van der Waals surface area (Å²) in [6, 6.07) is 9.55. The minimum atomic E-state index is -0.362.